The molecule has 0 saturated heterocycles. The van der Waals surface area contributed by atoms with Crippen LogP contribution in [0, 0.1) is 10.7 Å². The zero-order chi connectivity index (χ0) is 12.0. The van der Waals surface area contributed by atoms with Gasteiger partial charge in [-0.2, -0.15) is 5.26 Å². The van der Waals surface area contributed by atoms with E-state index >= 15 is 0 Å². The highest BCUT2D eigenvalue weighted by molar-refractivity contribution is 9.10. The van der Waals surface area contributed by atoms with Crippen molar-refractivity contribution in [3.8, 4) is 11.2 Å². The van der Waals surface area contributed by atoms with Crippen LogP contribution in [-0.4, -0.2) is 12.9 Å². The maximum absolute atomic E-state index is 8.48. The Bertz CT molecular complexity index is 389. The number of nitrogens with zero attached hydrogens (tertiary/aromatic N) is 1. The number of ether oxygens (including phenoxy) is 1. The first-order chi connectivity index (χ1) is 7.69. The van der Waals surface area contributed by atoms with Gasteiger partial charge in [-0.1, -0.05) is 22.9 Å². The highest BCUT2D eigenvalue weighted by Crippen LogP contribution is 2.31. The lowest BCUT2D eigenvalue weighted by atomic mass is 9.98. The molecular weight excluding hydrogens is 286 g/mol. The Kier molecular flexibility index (Phi) is 5.72. The van der Waals surface area contributed by atoms with Gasteiger partial charge in [-0.15, -0.1) is 0 Å². The van der Waals surface area contributed by atoms with Crippen molar-refractivity contribution in [2.75, 3.05) is 12.9 Å². The zero-order valence-electron chi connectivity index (χ0n) is 9.37. The predicted octanol–water partition coefficient (Wildman–Crippen LogP) is 4.17. The molecule has 1 unspecified atom stereocenters. The van der Waals surface area contributed by atoms with Crippen LogP contribution in [0.25, 0.3) is 0 Å². The monoisotopic (exact) mass is 299 g/mol. The van der Waals surface area contributed by atoms with E-state index in [1.165, 1.54) is 17.3 Å². The van der Waals surface area contributed by atoms with Gasteiger partial charge in [0.25, 0.3) is 0 Å². The number of thioether (sulfide) groups is 1. The molecule has 2 nitrogen and oxygen atoms in total. The quantitative estimate of drug-likeness (QED) is 0.604. The molecule has 0 radical (unpaired) electrons. The summed E-state index contributed by atoms with van der Waals surface area (Å²) >= 11 is 4.76. The van der Waals surface area contributed by atoms with Crippen LogP contribution >= 0.6 is 27.7 Å². The first-order valence-corrected chi connectivity index (χ1v) is 6.81. The summed E-state index contributed by atoms with van der Waals surface area (Å²) in [5.41, 5.74) is 1.19. The van der Waals surface area contributed by atoms with Crippen molar-refractivity contribution in [2.24, 2.45) is 0 Å². The number of hydrogen-bond acceptors (Lipinski definition) is 3. The molecule has 0 aromatic heterocycles. The number of nitriles is 1. The van der Waals surface area contributed by atoms with Gasteiger partial charge in [-0.25, -0.2) is 0 Å². The van der Waals surface area contributed by atoms with Crippen LogP contribution in [0.5, 0.6) is 5.75 Å². The number of benzene rings is 1. The summed E-state index contributed by atoms with van der Waals surface area (Å²) in [5, 5.41) is 10.6. The van der Waals surface area contributed by atoms with Crippen molar-refractivity contribution < 1.29 is 4.74 Å². The molecule has 0 bridgehead atoms. The van der Waals surface area contributed by atoms with Gasteiger partial charge in [0.15, 0.2) is 0 Å². The van der Waals surface area contributed by atoms with Crippen LogP contribution in [0.2, 0.25) is 0 Å². The number of rotatable bonds is 5. The minimum Gasteiger partial charge on any atom is -0.496 e. The minimum atomic E-state index is 0.397. The number of thiocyanates is 1. The SMILES string of the molecule is COc1ccc(Br)cc1C(C)CCSC#N. The minimum absolute atomic E-state index is 0.397. The third-order valence-electron chi connectivity index (χ3n) is 2.44. The van der Waals surface area contributed by atoms with E-state index in [-0.39, 0.29) is 0 Å². The average molecular weight is 300 g/mol. The van der Waals surface area contributed by atoms with Gasteiger partial charge in [0.2, 0.25) is 0 Å². The summed E-state index contributed by atoms with van der Waals surface area (Å²) in [6, 6.07) is 6.02. The third kappa shape index (κ3) is 3.73. The number of methoxy groups -OCH3 is 1. The molecule has 16 heavy (non-hydrogen) atoms. The van der Waals surface area contributed by atoms with Crippen LogP contribution in [0.15, 0.2) is 22.7 Å². The first kappa shape index (κ1) is 13.4. The van der Waals surface area contributed by atoms with Gasteiger partial charge in [-0.3, -0.25) is 0 Å². The molecule has 0 N–H and O–H groups in total. The molecule has 0 fully saturated rings. The van der Waals surface area contributed by atoms with Crippen molar-refractivity contribution in [3.63, 3.8) is 0 Å². The van der Waals surface area contributed by atoms with Gasteiger partial charge in [-0.05, 0) is 47.9 Å². The molecule has 0 aliphatic heterocycles. The van der Waals surface area contributed by atoms with Gasteiger partial charge in [0, 0.05) is 10.2 Å². The highest BCUT2D eigenvalue weighted by atomic mass is 79.9. The van der Waals surface area contributed by atoms with E-state index in [2.05, 4.69) is 34.3 Å². The fraction of sp³-hybridized carbons (Fsp3) is 0.417. The maximum Gasteiger partial charge on any atom is 0.133 e. The maximum atomic E-state index is 8.48. The van der Waals surface area contributed by atoms with E-state index in [1.54, 1.807) is 7.11 Å². The molecule has 0 amide bonds. The summed E-state index contributed by atoms with van der Waals surface area (Å²) in [6.07, 6.45) is 0.977. The first-order valence-electron chi connectivity index (χ1n) is 5.03. The molecule has 1 rings (SSSR count). The molecule has 4 heteroatoms. The van der Waals surface area contributed by atoms with Crippen LogP contribution in [0.3, 0.4) is 0 Å². The summed E-state index contributed by atoms with van der Waals surface area (Å²) in [7, 11) is 1.68. The molecule has 1 atom stereocenters. The van der Waals surface area contributed by atoms with E-state index in [0.717, 1.165) is 22.4 Å². The lowest BCUT2D eigenvalue weighted by Crippen LogP contribution is -1.99. The largest absolute Gasteiger partial charge is 0.496 e. The Balaban J connectivity index is 2.77. The second kappa shape index (κ2) is 6.82. The van der Waals surface area contributed by atoms with Crippen LogP contribution in [0.1, 0.15) is 24.8 Å². The lowest BCUT2D eigenvalue weighted by molar-refractivity contribution is 0.406. The van der Waals surface area contributed by atoms with E-state index in [0.29, 0.717) is 5.92 Å². The van der Waals surface area contributed by atoms with Gasteiger partial charge in [0.1, 0.15) is 11.2 Å². The normalized spacial score (nSPS) is 11.9. The van der Waals surface area contributed by atoms with Gasteiger partial charge >= 0.3 is 0 Å². The standard InChI is InChI=1S/C12H14BrNOS/c1-9(5-6-16-8-14)11-7-10(13)3-4-12(11)15-2/h3-4,7,9H,5-6H2,1-2H3. The summed E-state index contributed by atoms with van der Waals surface area (Å²) < 4.78 is 6.39. The topological polar surface area (TPSA) is 33.0 Å². The smallest absolute Gasteiger partial charge is 0.133 e. The molecule has 0 heterocycles. The van der Waals surface area contributed by atoms with E-state index < -0.39 is 0 Å². The van der Waals surface area contributed by atoms with E-state index in [1.807, 2.05) is 12.1 Å². The molecule has 1 aromatic carbocycles. The molecular formula is C12H14BrNOS. The molecule has 0 saturated carbocycles. The third-order valence-corrected chi connectivity index (χ3v) is 3.50. The van der Waals surface area contributed by atoms with Crippen molar-refractivity contribution >= 4 is 27.7 Å². The van der Waals surface area contributed by atoms with Gasteiger partial charge < -0.3 is 4.74 Å². The average Bonchev–Trinajstić information content (AvgIpc) is 2.29. The number of halogens is 1. The van der Waals surface area contributed by atoms with Crippen molar-refractivity contribution in [3.05, 3.63) is 28.2 Å². The second-order valence-corrected chi connectivity index (χ2v) is 5.31. The molecule has 0 aliphatic rings. The van der Waals surface area contributed by atoms with Crippen LogP contribution < -0.4 is 4.74 Å². The summed E-state index contributed by atoms with van der Waals surface area (Å²) in [5.74, 6) is 2.17. The Morgan fingerprint density at radius 2 is 2.31 bits per heavy atom. The second-order valence-electron chi connectivity index (χ2n) is 3.52. The lowest BCUT2D eigenvalue weighted by Gasteiger charge is -2.15. The Morgan fingerprint density at radius 3 is 2.94 bits per heavy atom. The Morgan fingerprint density at radius 1 is 1.56 bits per heavy atom. The fourth-order valence-electron chi connectivity index (χ4n) is 1.53. The predicted molar refractivity (Wildman–Crippen MR) is 71.8 cm³/mol. The van der Waals surface area contributed by atoms with Crippen molar-refractivity contribution in [2.45, 2.75) is 19.3 Å². The fourth-order valence-corrected chi connectivity index (χ4v) is 2.47. The molecule has 0 spiro atoms. The zero-order valence-corrected chi connectivity index (χ0v) is 11.8. The van der Waals surface area contributed by atoms with E-state index in [4.69, 9.17) is 10.00 Å². The molecule has 0 aliphatic carbocycles. The van der Waals surface area contributed by atoms with Gasteiger partial charge in [0.05, 0.1) is 7.11 Å². The summed E-state index contributed by atoms with van der Waals surface area (Å²) in [4.78, 5) is 0. The van der Waals surface area contributed by atoms with Crippen molar-refractivity contribution in [1.29, 1.82) is 5.26 Å². The molecule has 1 aromatic rings. The Labute approximate surface area is 109 Å². The summed E-state index contributed by atoms with van der Waals surface area (Å²) in [6.45, 7) is 2.15. The number of hydrogen-bond donors (Lipinski definition) is 0. The van der Waals surface area contributed by atoms with Crippen LogP contribution in [0.4, 0.5) is 0 Å². The Hall–Kier alpha value is -0.660. The van der Waals surface area contributed by atoms with Crippen LogP contribution in [-0.2, 0) is 0 Å². The highest BCUT2D eigenvalue weighted by Gasteiger charge is 2.11. The van der Waals surface area contributed by atoms with Crippen molar-refractivity contribution in [1.82, 2.24) is 0 Å². The molecule has 86 valence electrons. The van der Waals surface area contributed by atoms with E-state index in [9.17, 15) is 0 Å².